The molecule has 146 valence electrons. The van der Waals surface area contributed by atoms with Crippen LogP contribution in [0.2, 0.25) is 0 Å². The van der Waals surface area contributed by atoms with E-state index in [4.69, 9.17) is 4.74 Å². The summed E-state index contributed by atoms with van der Waals surface area (Å²) in [5, 5.41) is 4.08. The first kappa shape index (κ1) is 19.0. The standard InChI is InChI=1S/C23H26N2O2S/c26-23-15-22(27-17-21-9-14-28-18-21)8-13-25(23)12-7-19-3-5-20(6-4-19)16-24-10-1-2-11-24/h3-6,8-9,13-15,18H,1-2,7,10-12,16-17H2. The van der Waals surface area contributed by atoms with Gasteiger partial charge < -0.3 is 9.30 Å². The molecule has 28 heavy (non-hydrogen) atoms. The minimum Gasteiger partial charge on any atom is -0.489 e. The Balaban J connectivity index is 1.29. The largest absolute Gasteiger partial charge is 0.489 e. The number of ether oxygens (including phenoxy) is 1. The summed E-state index contributed by atoms with van der Waals surface area (Å²) in [6.45, 7) is 4.66. The van der Waals surface area contributed by atoms with E-state index in [1.165, 1.54) is 37.1 Å². The molecule has 4 rings (SSSR count). The fraction of sp³-hybridized carbons (Fsp3) is 0.348. The van der Waals surface area contributed by atoms with Crippen LogP contribution < -0.4 is 10.3 Å². The Kier molecular flexibility index (Phi) is 6.24. The molecular weight excluding hydrogens is 368 g/mol. The zero-order chi connectivity index (χ0) is 19.2. The maximum absolute atomic E-state index is 12.3. The Morgan fingerprint density at radius 2 is 1.75 bits per heavy atom. The molecular formula is C23H26N2O2S. The molecule has 3 heterocycles. The van der Waals surface area contributed by atoms with E-state index in [-0.39, 0.29) is 5.56 Å². The number of benzene rings is 1. The van der Waals surface area contributed by atoms with Gasteiger partial charge in [-0.15, -0.1) is 0 Å². The Bertz CT molecular complexity index is 926. The molecule has 0 unspecified atom stereocenters. The Morgan fingerprint density at radius 3 is 2.46 bits per heavy atom. The molecule has 0 spiro atoms. The molecule has 0 bridgehead atoms. The predicted molar refractivity (Wildman–Crippen MR) is 114 cm³/mol. The third kappa shape index (κ3) is 5.12. The van der Waals surface area contributed by atoms with Gasteiger partial charge in [0.2, 0.25) is 0 Å². The van der Waals surface area contributed by atoms with Crippen molar-refractivity contribution in [2.75, 3.05) is 13.1 Å². The van der Waals surface area contributed by atoms with Gasteiger partial charge in [0.25, 0.3) is 5.56 Å². The van der Waals surface area contributed by atoms with Crippen molar-refractivity contribution in [3.8, 4) is 5.75 Å². The average Bonchev–Trinajstić information content (AvgIpc) is 3.41. The number of pyridine rings is 1. The van der Waals surface area contributed by atoms with Crippen LogP contribution in [0.4, 0.5) is 0 Å². The van der Waals surface area contributed by atoms with E-state index in [1.54, 1.807) is 22.0 Å². The lowest BCUT2D eigenvalue weighted by Gasteiger charge is -2.14. The SMILES string of the molecule is O=c1cc(OCc2ccsc2)ccn1CCc1ccc(CN2CCCC2)cc1. The van der Waals surface area contributed by atoms with Gasteiger partial charge in [0.05, 0.1) is 0 Å². The molecule has 0 saturated carbocycles. The van der Waals surface area contributed by atoms with Gasteiger partial charge in [-0.2, -0.15) is 11.3 Å². The first-order valence-corrected chi connectivity index (χ1v) is 10.8. The summed E-state index contributed by atoms with van der Waals surface area (Å²) in [5.41, 5.74) is 3.74. The van der Waals surface area contributed by atoms with Crippen molar-refractivity contribution in [3.05, 3.63) is 86.5 Å². The summed E-state index contributed by atoms with van der Waals surface area (Å²) < 4.78 is 7.45. The molecule has 1 saturated heterocycles. The topological polar surface area (TPSA) is 34.5 Å². The van der Waals surface area contributed by atoms with Crippen LogP contribution in [-0.2, 0) is 26.1 Å². The predicted octanol–water partition coefficient (Wildman–Crippen LogP) is 4.33. The van der Waals surface area contributed by atoms with Gasteiger partial charge in [-0.1, -0.05) is 24.3 Å². The Labute approximate surface area is 170 Å². The second-order valence-electron chi connectivity index (χ2n) is 7.36. The number of rotatable bonds is 8. The van der Waals surface area contributed by atoms with Crippen molar-refractivity contribution in [2.45, 2.75) is 39.0 Å². The van der Waals surface area contributed by atoms with Gasteiger partial charge in [-0.05, 0) is 71.9 Å². The quantitative estimate of drug-likeness (QED) is 0.570. The molecule has 3 aromatic rings. The highest BCUT2D eigenvalue weighted by Gasteiger charge is 2.11. The molecule has 0 aliphatic carbocycles. The van der Waals surface area contributed by atoms with Gasteiger partial charge >= 0.3 is 0 Å². The average molecular weight is 395 g/mol. The summed E-state index contributed by atoms with van der Waals surface area (Å²) in [5.74, 6) is 0.624. The van der Waals surface area contributed by atoms with Crippen LogP contribution in [0.3, 0.4) is 0 Å². The van der Waals surface area contributed by atoms with Crippen molar-refractivity contribution in [3.63, 3.8) is 0 Å². The summed E-state index contributed by atoms with van der Waals surface area (Å²) in [6.07, 6.45) is 5.32. The van der Waals surface area contributed by atoms with Crippen LogP contribution in [-0.4, -0.2) is 22.6 Å². The fourth-order valence-corrected chi connectivity index (χ4v) is 4.22. The number of hydrogen-bond donors (Lipinski definition) is 0. The summed E-state index contributed by atoms with van der Waals surface area (Å²) in [4.78, 5) is 14.9. The van der Waals surface area contributed by atoms with Crippen LogP contribution in [0, 0.1) is 0 Å². The third-order valence-electron chi connectivity index (χ3n) is 5.22. The van der Waals surface area contributed by atoms with Gasteiger partial charge in [0.15, 0.2) is 0 Å². The van der Waals surface area contributed by atoms with Gasteiger partial charge in [-0.25, -0.2) is 0 Å². The van der Waals surface area contributed by atoms with E-state index in [9.17, 15) is 4.79 Å². The van der Waals surface area contributed by atoms with Crippen molar-refractivity contribution in [1.29, 1.82) is 0 Å². The van der Waals surface area contributed by atoms with Crippen LogP contribution in [0.25, 0.3) is 0 Å². The number of hydrogen-bond acceptors (Lipinski definition) is 4. The van der Waals surface area contributed by atoms with E-state index in [0.717, 1.165) is 18.5 Å². The second kappa shape index (κ2) is 9.22. The van der Waals surface area contributed by atoms with E-state index in [2.05, 4.69) is 34.5 Å². The summed E-state index contributed by atoms with van der Waals surface area (Å²) in [7, 11) is 0. The summed E-state index contributed by atoms with van der Waals surface area (Å²) in [6, 6.07) is 14.3. The molecule has 1 fully saturated rings. The van der Waals surface area contributed by atoms with Crippen molar-refractivity contribution in [2.24, 2.45) is 0 Å². The lowest BCUT2D eigenvalue weighted by Crippen LogP contribution is -2.20. The van der Waals surface area contributed by atoms with Crippen molar-refractivity contribution >= 4 is 11.3 Å². The van der Waals surface area contributed by atoms with E-state index in [0.29, 0.717) is 18.9 Å². The maximum atomic E-state index is 12.3. The molecule has 0 radical (unpaired) electrons. The third-order valence-corrected chi connectivity index (χ3v) is 5.95. The van der Waals surface area contributed by atoms with Crippen molar-refractivity contribution in [1.82, 2.24) is 9.47 Å². The van der Waals surface area contributed by atoms with Gasteiger partial charge in [-0.3, -0.25) is 9.69 Å². The first-order chi connectivity index (χ1) is 13.8. The minimum atomic E-state index is -0.0199. The monoisotopic (exact) mass is 394 g/mol. The number of thiophene rings is 1. The number of likely N-dealkylation sites (tertiary alicyclic amines) is 1. The molecule has 2 aromatic heterocycles. The van der Waals surface area contributed by atoms with Gasteiger partial charge in [0, 0.05) is 25.4 Å². The normalized spacial score (nSPS) is 14.4. The van der Waals surface area contributed by atoms with Gasteiger partial charge in [0.1, 0.15) is 12.4 Å². The summed E-state index contributed by atoms with van der Waals surface area (Å²) >= 11 is 1.65. The van der Waals surface area contributed by atoms with Crippen LogP contribution in [0.15, 0.2) is 64.2 Å². The number of aryl methyl sites for hydroxylation is 2. The van der Waals surface area contributed by atoms with Crippen LogP contribution in [0.1, 0.15) is 29.5 Å². The highest BCUT2D eigenvalue weighted by Crippen LogP contribution is 2.14. The highest BCUT2D eigenvalue weighted by atomic mass is 32.1. The molecule has 4 nitrogen and oxygen atoms in total. The van der Waals surface area contributed by atoms with Crippen LogP contribution >= 0.6 is 11.3 Å². The first-order valence-electron chi connectivity index (χ1n) is 9.91. The Hall–Kier alpha value is -2.37. The lowest BCUT2D eigenvalue weighted by molar-refractivity contribution is 0.305. The molecule has 1 aromatic carbocycles. The molecule has 0 N–H and O–H groups in total. The molecule has 1 aliphatic heterocycles. The molecule has 0 amide bonds. The molecule has 1 aliphatic rings. The fourth-order valence-electron chi connectivity index (χ4n) is 3.57. The Morgan fingerprint density at radius 1 is 0.964 bits per heavy atom. The smallest absolute Gasteiger partial charge is 0.254 e. The minimum absolute atomic E-state index is 0.0199. The van der Waals surface area contributed by atoms with E-state index >= 15 is 0 Å². The van der Waals surface area contributed by atoms with E-state index < -0.39 is 0 Å². The number of aromatic nitrogens is 1. The van der Waals surface area contributed by atoms with E-state index in [1.807, 2.05) is 23.7 Å². The zero-order valence-corrected chi connectivity index (χ0v) is 16.9. The van der Waals surface area contributed by atoms with Crippen LogP contribution in [0.5, 0.6) is 5.75 Å². The van der Waals surface area contributed by atoms with Crippen molar-refractivity contribution < 1.29 is 4.74 Å². The highest BCUT2D eigenvalue weighted by molar-refractivity contribution is 7.07. The second-order valence-corrected chi connectivity index (χ2v) is 8.14. The lowest BCUT2D eigenvalue weighted by atomic mass is 10.1. The molecule has 0 atom stereocenters. The molecule has 5 heteroatoms. The maximum Gasteiger partial charge on any atom is 0.254 e. The number of nitrogens with zero attached hydrogens (tertiary/aromatic N) is 2. The zero-order valence-electron chi connectivity index (χ0n) is 16.0.